The van der Waals surface area contributed by atoms with Crippen LogP contribution in [0.25, 0.3) is 11.0 Å². The third-order valence-corrected chi connectivity index (χ3v) is 3.20. The first-order valence-corrected chi connectivity index (χ1v) is 6.58. The molecule has 1 N–H and O–H groups in total. The van der Waals surface area contributed by atoms with E-state index in [1.54, 1.807) is 35.0 Å². The fourth-order valence-corrected chi connectivity index (χ4v) is 2.10. The van der Waals surface area contributed by atoms with Crippen LogP contribution in [-0.2, 0) is 6.54 Å². The molecule has 6 heteroatoms. The molecule has 3 aromatic rings. The lowest BCUT2D eigenvalue weighted by Crippen LogP contribution is -2.12. The Morgan fingerprint density at radius 1 is 1.29 bits per heavy atom. The van der Waals surface area contributed by atoms with Gasteiger partial charge in [-0.15, -0.1) is 5.10 Å². The largest absolute Gasteiger partial charge is 0.319 e. The quantitative estimate of drug-likeness (QED) is 0.804. The summed E-state index contributed by atoms with van der Waals surface area (Å²) < 4.78 is 15.3. The zero-order valence-corrected chi connectivity index (χ0v) is 11.4. The van der Waals surface area contributed by atoms with Gasteiger partial charge in [-0.25, -0.2) is 9.07 Å². The molecular formula is C15H13FN4O. The van der Waals surface area contributed by atoms with E-state index in [1.165, 1.54) is 12.1 Å². The van der Waals surface area contributed by atoms with Gasteiger partial charge in [-0.05, 0) is 37.3 Å². The van der Waals surface area contributed by atoms with Crippen molar-refractivity contribution < 1.29 is 9.18 Å². The molecule has 1 heterocycles. The van der Waals surface area contributed by atoms with Crippen LogP contribution in [0.15, 0.2) is 42.5 Å². The number of fused-ring (bicyclic) bond motifs is 1. The van der Waals surface area contributed by atoms with Crippen LogP contribution in [0, 0.1) is 5.82 Å². The number of para-hydroxylation sites is 1. The van der Waals surface area contributed by atoms with Crippen LogP contribution < -0.4 is 5.32 Å². The molecule has 0 aliphatic carbocycles. The number of hydrogen-bond acceptors (Lipinski definition) is 3. The van der Waals surface area contributed by atoms with Crippen LogP contribution in [0.4, 0.5) is 10.1 Å². The molecule has 0 saturated heterocycles. The van der Waals surface area contributed by atoms with Gasteiger partial charge in [0.1, 0.15) is 11.3 Å². The number of carbonyl (C=O) groups excluding carboxylic acids is 1. The van der Waals surface area contributed by atoms with Gasteiger partial charge in [0.15, 0.2) is 0 Å². The maximum atomic E-state index is 13.5. The van der Waals surface area contributed by atoms with Crippen LogP contribution in [0.3, 0.4) is 0 Å². The lowest BCUT2D eigenvalue weighted by Gasteiger charge is -2.06. The molecule has 106 valence electrons. The zero-order valence-electron chi connectivity index (χ0n) is 11.4. The number of nitrogens with zero attached hydrogens (tertiary/aromatic N) is 3. The predicted octanol–water partition coefficient (Wildman–Crippen LogP) is 2.84. The highest BCUT2D eigenvalue weighted by molar-refractivity contribution is 6.05. The van der Waals surface area contributed by atoms with Crippen LogP contribution >= 0.6 is 0 Å². The number of halogens is 1. The van der Waals surface area contributed by atoms with Crippen molar-refractivity contribution in [1.82, 2.24) is 15.0 Å². The first kappa shape index (κ1) is 13.2. The number of amides is 1. The van der Waals surface area contributed by atoms with Crippen LogP contribution in [0.1, 0.15) is 17.3 Å². The van der Waals surface area contributed by atoms with E-state index in [0.717, 1.165) is 5.52 Å². The van der Waals surface area contributed by atoms with Crippen molar-refractivity contribution in [3.63, 3.8) is 0 Å². The summed E-state index contributed by atoms with van der Waals surface area (Å²) in [6, 6.07) is 11.1. The van der Waals surface area contributed by atoms with Crippen molar-refractivity contribution in [2.45, 2.75) is 13.5 Å². The van der Waals surface area contributed by atoms with Crippen LogP contribution in [0.5, 0.6) is 0 Å². The highest BCUT2D eigenvalue weighted by atomic mass is 19.1. The lowest BCUT2D eigenvalue weighted by atomic mass is 10.2. The fraction of sp³-hybridized carbons (Fsp3) is 0.133. The molecule has 0 atom stereocenters. The second-order valence-corrected chi connectivity index (χ2v) is 4.54. The molecule has 0 fully saturated rings. The van der Waals surface area contributed by atoms with Gasteiger partial charge >= 0.3 is 0 Å². The van der Waals surface area contributed by atoms with Gasteiger partial charge in [-0.2, -0.15) is 0 Å². The molecule has 0 bridgehead atoms. The maximum Gasteiger partial charge on any atom is 0.255 e. The number of carbonyl (C=O) groups is 1. The number of anilines is 1. The van der Waals surface area contributed by atoms with Crippen molar-refractivity contribution in [3.8, 4) is 0 Å². The Labute approximate surface area is 120 Å². The number of benzene rings is 2. The molecule has 21 heavy (non-hydrogen) atoms. The average Bonchev–Trinajstić information content (AvgIpc) is 2.91. The number of aryl methyl sites for hydroxylation is 1. The van der Waals surface area contributed by atoms with E-state index in [4.69, 9.17) is 0 Å². The summed E-state index contributed by atoms with van der Waals surface area (Å²) in [7, 11) is 0. The maximum absolute atomic E-state index is 13.5. The minimum atomic E-state index is -0.469. The van der Waals surface area contributed by atoms with E-state index < -0.39 is 5.82 Å². The van der Waals surface area contributed by atoms with Gasteiger partial charge in [0.05, 0.1) is 11.2 Å². The van der Waals surface area contributed by atoms with Crippen molar-refractivity contribution in [2.24, 2.45) is 0 Å². The Hall–Kier alpha value is -2.76. The second kappa shape index (κ2) is 5.32. The molecule has 0 unspecified atom stereocenters. The van der Waals surface area contributed by atoms with Crippen molar-refractivity contribution in [2.75, 3.05) is 5.32 Å². The monoisotopic (exact) mass is 284 g/mol. The topological polar surface area (TPSA) is 59.8 Å². The summed E-state index contributed by atoms with van der Waals surface area (Å²) in [6.45, 7) is 2.67. The zero-order chi connectivity index (χ0) is 14.8. The summed E-state index contributed by atoms with van der Waals surface area (Å²) in [4.78, 5) is 12.2. The van der Waals surface area contributed by atoms with Gasteiger partial charge in [0.2, 0.25) is 0 Å². The highest BCUT2D eigenvalue weighted by Crippen LogP contribution is 2.17. The Morgan fingerprint density at radius 2 is 2.10 bits per heavy atom. The molecule has 3 rings (SSSR count). The first-order chi connectivity index (χ1) is 10.2. The summed E-state index contributed by atoms with van der Waals surface area (Å²) in [5, 5.41) is 10.5. The molecule has 5 nitrogen and oxygen atoms in total. The molecule has 1 aromatic heterocycles. The van der Waals surface area contributed by atoms with E-state index in [9.17, 15) is 9.18 Å². The third-order valence-electron chi connectivity index (χ3n) is 3.20. The Morgan fingerprint density at radius 3 is 2.86 bits per heavy atom. The number of hydrogen-bond donors (Lipinski definition) is 1. The van der Waals surface area contributed by atoms with Gasteiger partial charge in [0, 0.05) is 12.1 Å². The van der Waals surface area contributed by atoms with E-state index in [0.29, 0.717) is 17.6 Å². The summed E-state index contributed by atoms with van der Waals surface area (Å²) in [5.41, 5.74) is 2.06. The van der Waals surface area contributed by atoms with Gasteiger partial charge < -0.3 is 5.32 Å². The van der Waals surface area contributed by atoms with Gasteiger partial charge in [-0.3, -0.25) is 4.79 Å². The molecule has 0 aliphatic rings. The number of aromatic nitrogens is 3. The Bertz CT molecular complexity index is 812. The molecular weight excluding hydrogens is 271 g/mol. The van der Waals surface area contributed by atoms with Crippen LogP contribution in [-0.4, -0.2) is 20.9 Å². The highest BCUT2D eigenvalue weighted by Gasteiger charge is 2.11. The predicted molar refractivity (Wildman–Crippen MR) is 77.6 cm³/mol. The summed E-state index contributed by atoms with van der Waals surface area (Å²) >= 11 is 0. The van der Waals surface area contributed by atoms with Crippen molar-refractivity contribution in [3.05, 3.63) is 53.8 Å². The summed E-state index contributed by atoms with van der Waals surface area (Å²) in [6.07, 6.45) is 0. The normalized spacial score (nSPS) is 10.8. The molecule has 1 amide bonds. The van der Waals surface area contributed by atoms with Crippen molar-refractivity contribution in [1.29, 1.82) is 0 Å². The van der Waals surface area contributed by atoms with Gasteiger partial charge in [0.25, 0.3) is 5.91 Å². The average molecular weight is 284 g/mol. The lowest BCUT2D eigenvalue weighted by molar-refractivity contribution is 0.102. The van der Waals surface area contributed by atoms with Crippen LogP contribution in [0.2, 0.25) is 0 Å². The second-order valence-electron chi connectivity index (χ2n) is 4.54. The van der Waals surface area contributed by atoms with Gasteiger partial charge in [-0.1, -0.05) is 17.3 Å². The minimum Gasteiger partial charge on any atom is -0.319 e. The minimum absolute atomic E-state index is 0.153. The van der Waals surface area contributed by atoms with E-state index >= 15 is 0 Å². The smallest absolute Gasteiger partial charge is 0.255 e. The molecule has 0 saturated carbocycles. The summed E-state index contributed by atoms with van der Waals surface area (Å²) in [5.74, 6) is -0.850. The van der Waals surface area contributed by atoms with E-state index in [-0.39, 0.29) is 11.6 Å². The molecule has 0 spiro atoms. The SMILES string of the molecule is CCn1nnc2cc(C(=O)Nc3ccccc3F)ccc21. The Balaban J connectivity index is 1.90. The van der Waals surface area contributed by atoms with E-state index in [2.05, 4.69) is 15.6 Å². The molecule has 2 aromatic carbocycles. The molecule has 0 radical (unpaired) electrons. The molecule has 0 aliphatic heterocycles. The Kier molecular flexibility index (Phi) is 3.35. The number of rotatable bonds is 3. The third kappa shape index (κ3) is 2.47. The number of nitrogens with one attached hydrogen (secondary N) is 1. The standard InChI is InChI=1S/C15H13FN4O/c1-2-20-14-8-7-10(9-13(14)18-19-20)15(21)17-12-6-4-3-5-11(12)16/h3-9H,2H2,1H3,(H,17,21). The van der Waals surface area contributed by atoms with E-state index in [1.807, 2.05) is 6.92 Å². The first-order valence-electron chi connectivity index (χ1n) is 6.58. The fourth-order valence-electron chi connectivity index (χ4n) is 2.10. The van der Waals surface area contributed by atoms with Crippen molar-refractivity contribution >= 4 is 22.6 Å².